The first-order chi connectivity index (χ1) is 17.1. The first-order valence-electron chi connectivity index (χ1n) is 12.4. The normalized spacial score (nSPS) is 18.0. The standard InChI is InChI=1S/C28H32N4O3/c1-30(25-16-15-24(35-25)21-31-17-9-4-10-18-31)19-20-32-26(33)28(29-27(32)34,22-11-5-2-6-12-22)23-13-7-3-8-14-23/h2-3,5-8,11-16H,4,9-10,17-21H2,1H3,(H,29,34). The maximum atomic E-state index is 13.8. The zero-order valence-electron chi connectivity index (χ0n) is 20.2. The Morgan fingerprint density at radius 3 is 2.14 bits per heavy atom. The number of anilines is 1. The Labute approximate surface area is 206 Å². The van der Waals surface area contributed by atoms with Crippen LogP contribution in [0.4, 0.5) is 10.7 Å². The third-order valence-electron chi connectivity index (χ3n) is 7.03. The van der Waals surface area contributed by atoms with Gasteiger partial charge in [-0.25, -0.2) is 4.79 Å². The number of piperidine rings is 1. The highest BCUT2D eigenvalue weighted by molar-refractivity contribution is 6.09. The minimum atomic E-state index is -1.23. The van der Waals surface area contributed by atoms with Gasteiger partial charge in [0.2, 0.25) is 0 Å². The summed E-state index contributed by atoms with van der Waals surface area (Å²) in [6.45, 7) is 3.77. The van der Waals surface area contributed by atoms with E-state index in [9.17, 15) is 9.59 Å². The fraction of sp³-hybridized carbons (Fsp3) is 0.357. The lowest BCUT2D eigenvalue weighted by Gasteiger charge is -2.28. The van der Waals surface area contributed by atoms with Crippen LogP contribution in [-0.2, 0) is 16.9 Å². The molecule has 2 aliphatic heterocycles. The first-order valence-corrected chi connectivity index (χ1v) is 12.4. The fourth-order valence-electron chi connectivity index (χ4n) is 5.07. The summed E-state index contributed by atoms with van der Waals surface area (Å²) in [5.74, 6) is 1.41. The Balaban J connectivity index is 1.29. The molecule has 2 saturated heterocycles. The number of likely N-dealkylation sites (N-methyl/N-ethyl adjacent to an activating group) is 1. The molecule has 3 heterocycles. The molecule has 2 aliphatic rings. The lowest BCUT2D eigenvalue weighted by atomic mass is 9.82. The number of nitrogens with zero attached hydrogens (tertiary/aromatic N) is 3. The molecule has 0 bridgehead atoms. The average molecular weight is 473 g/mol. The number of benzene rings is 2. The predicted molar refractivity (Wildman–Crippen MR) is 135 cm³/mol. The van der Waals surface area contributed by atoms with Gasteiger partial charge in [-0.15, -0.1) is 0 Å². The van der Waals surface area contributed by atoms with Crippen molar-refractivity contribution in [3.8, 4) is 0 Å². The molecular formula is C28H32N4O3. The number of rotatable bonds is 8. The number of imide groups is 1. The van der Waals surface area contributed by atoms with Gasteiger partial charge in [0, 0.05) is 26.2 Å². The van der Waals surface area contributed by atoms with Crippen molar-refractivity contribution in [3.05, 3.63) is 89.7 Å². The van der Waals surface area contributed by atoms with Gasteiger partial charge in [0.05, 0.1) is 6.54 Å². The molecule has 0 atom stereocenters. The van der Waals surface area contributed by atoms with Crippen molar-refractivity contribution in [2.24, 2.45) is 0 Å². The van der Waals surface area contributed by atoms with Gasteiger partial charge >= 0.3 is 6.03 Å². The average Bonchev–Trinajstić information content (AvgIpc) is 3.47. The van der Waals surface area contributed by atoms with Crippen LogP contribution in [0.1, 0.15) is 36.1 Å². The predicted octanol–water partition coefficient (Wildman–Crippen LogP) is 4.20. The highest BCUT2D eigenvalue weighted by Gasteiger charge is 2.53. The molecule has 5 rings (SSSR count). The van der Waals surface area contributed by atoms with Crippen molar-refractivity contribution in [3.63, 3.8) is 0 Å². The summed E-state index contributed by atoms with van der Waals surface area (Å²) < 4.78 is 6.08. The zero-order chi connectivity index (χ0) is 24.3. The summed E-state index contributed by atoms with van der Waals surface area (Å²) in [7, 11) is 1.92. The second kappa shape index (κ2) is 9.96. The third-order valence-corrected chi connectivity index (χ3v) is 7.03. The van der Waals surface area contributed by atoms with E-state index in [1.807, 2.05) is 84.7 Å². The van der Waals surface area contributed by atoms with Crippen molar-refractivity contribution >= 4 is 17.8 Å². The Morgan fingerprint density at radius 2 is 1.51 bits per heavy atom. The molecule has 0 spiro atoms. The molecular weight excluding hydrogens is 440 g/mol. The molecule has 3 amide bonds. The van der Waals surface area contributed by atoms with Crippen molar-refractivity contribution in [1.29, 1.82) is 0 Å². The SMILES string of the molecule is CN(CCN1C(=O)NC(c2ccccc2)(c2ccccc2)C1=O)c1ccc(CN2CCCCC2)o1. The van der Waals surface area contributed by atoms with E-state index in [-0.39, 0.29) is 18.5 Å². The molecule has 0 aliphatic carbocycles. The molecule has 0 saturated carbocycles. The fourth-order valence-corrected chi connectivity index (χ4v) is 5.07. The van der Waals surface area contributed by atoms with E-state index in [1.165, 1.54) is 24.2 Å². The topological polar surface area (TPSA) is 69.0 Å². The number of nitrogens with one attached hydrogen (secondary N) is 1. The summed E-state index contributed by atoms with van der Waals surface area (Å²) in [6.07, 6.45) is 3.79. The number of amides is 3. The van der Waals surface area contributed by atoms with Crippen molar-refractivity contribution in [2.75, 3.05) is 38.1 Å². The molecule has 1 N–H and O–H groups in total. The van der Waals surface area contributed by atoms with Crippen LogP contribution in [0.25, 0.3) is 0 Å². The molecule has 35 heavy (non-hydrogen) atoms. The smallest absolute Gasteiger partial charge is 0.325 e. The van der Waals surface area contributed by atoms with Crippen molar-refractivity contribution in [1.82, 2.24) is 15.1 Å². The monoisotopic (exact) mass is 472 g/mol. The Hall–Kier alpha value is -3.58. The van der Waals surface area contributed by atoms with E-state index in [1.54, 1.807) is 0 Å². The molecule has 2 aromatic carbocycles. The first kappa shape index (κ1) is 23.2. The summed E-state index contributed by atoms with van der Waals surface area (Å²) in [5, 5.41) is 3.00. The summed E-state index contributed by atoms with van der Waals surface area (Å²) in [5.41, 5.74) is 0.257. The van der Waals surface area contributed by atoms with Crippen LogP contribution in [0.15, 0.2) is 77.2 Å². The van der Waals surface area contributed by atoms with Crippen LogP contribution in [0.5, 0.6) is 0 Å². The van der Waals surface area contributed by atoms with Crippen molar-refractivity contribution in [2.45, 2.75) is 31.3 Å². The van der Waals surface area contributed by atoms with Gasteiger partial charge in [-0.3, -0.25) is 14.6 Å². The van der Waals surface area contributed by atoms with Gasteiger partial charge in [0.1, 0.15) is 5.76 Å². The van der Waals surface area contributed by atoms with E-state index in [0.717, 1.165) is 42.4 Å². The van der Waals surface area contributed by atoms with Crippen LogP contribution in [0, 0.1) is 0 Å². The van der Waals surface area contributed by atoms with Crippen LogP contribution >= 0.6 is 0 Å². The molecule has 0 unspecified atom stereocenters. The summed E-state index contributed by atoms with van der Waals surface area (Å²) >= 11 is 0. The van der Waals surface area contributed by atoms with E-state index in [0.29, 0.717) is 6.54 Å². The van der Waals surface area contributed by atoms with Crippen LogP contribution in [0.2, 0.25) is 0 Å². The van der Waals surface area contributed by atoms with Crippen LogP contribution in [-0.4, -0.2) is 55.0 Å². The Bertz CT molecular complexity index is 1120. The van der Waals surface area contributed by atoms with Gasteiger partial charge in [0.15, 0.2) is 11.4 Å². The third kappa shape index (κ3) is 4.56. The molecule has 0 radical (unpaired) electrons. The molecule has 2 fully saturated rings. The molecule has 1 aromatic heterocycles. The van der Waals surface area contributed by atoms with E-state index < -0.39 is 5.54 Å². The maximum absolute atomic E-state index is 13.8. The number of likely N-dealkylation sites (tertiary alicyclic amines) is 1. The number of hydrogen-bond acceptors (Lipinski definition) is 5. The largest absolute Gasteiger partial charge is 0.444 e. The second-order valence-corrected chi connectivity index (χ2v) is 9.37. The second-order valence-electron chi connectivity index (χ2n) is 9.37. The number of carbonyl (C=O) groups excluding carboxylic acids is 2. The van der Waals surface area contributed by atoms with E-state index in [2.05, 4.69) is 10.2 Å². The number of furan rings is 1. The van der Waals surface area contributed by atoms with Crippen LogP contribution < -0.4 is 10.2 Å². The van der Waals surface area contributed by atoms with Gasteiger partial charge in [-0.05, 0) is 43.1 Å². The summed E-state index contributed by atoms with van der Waals surface area (Å²) in [6, 6.07) is 22.5. The molecule has 7 heteroatoms. The maximum Gasteiger partial charge on any atom is 0.325 e. The van der Waals surface area contributed by atoms with Gasteiger partial charge < -0.3 is 14.6 Å². The minimum absolute atomic E-state index is 0.255. The quantitative estimate of drug-likeness (QED) is 0.498. The van der Waals surface area contributed by atoms with Gasteiger partial charge in [-0.1, -0.05) is 67.1 Å². The highest BCUT2D eigenvalue weighted by Crippen LogP contribution is 2.36. The highest BCUT2D eigenvalue weighted by atomic mass is 16.4. The summed E-state index contributed by atoms with van der Waals surface area (Å²) in [4.78, 5) is 32.6. The lowest BCUT2D eigenvalue weighted by molar-refractivity contribution is -0.130. The minimum Gasteiger partial charge on any atom is -0.444 e. The Morgan fingerprint density at radius 1 is 0.886 bits per heavy atom. The zero-order valence-corrected chi connectivity index (χ0v) is 20.2. The van der Waals surface area contributed by atoms with Gasteiger partial charge in [-0.2, -0.15) is 0 Å². The van der Waals surface area contributed by atoms with Gasteiger partial charge in [0.25, 0.3) is 5.91 Å². The number of hydrogen-bond donors (Lipinski definition) is 1. The number of urea groups is 1. The Kier molecular flexibility index (Phi) is 6.59. The van der Waals surface area contributed by atoms with Crippen LogP contribution in [0.3, 0.4) is 0 Å². The van der Waals surface area contributed by atoms with Crippen molar-refractivity contribution < 1.29 is 14.0 Å². The van der Waals surface area contributed by atoms with E-state index >= 15 is 0 Å². The number of carbonyl (C=O) groups is 2. The molecule has 7 nitrogen and oxygen atoms in total. The van der Waals surface area contributed by atoms with E-state index in [4.69, 9.17) is 4.42 Å². The molecule has 182 valence electrons. The lowest BCUT2D eigenvalue weighted by Crippen LogP contribution is -2.45. The molecule has 3 aromatic rings.